The van der Waals surface area contributed by atoms with E-state index in [1.165, 1.54) is 11.1 Å². The maximum Gasteiger partial charge on any atom is 0.141 e. The number of rotatable bonds is 6. The summed E-state index contributed by atoms with van der Waals surface area (Å²) >= 11 is 1.67. The molecule has 5 nitrogen and oxygen atoms in total. The van der Waals surface area contributed by atoms with E-state index in [2.05, 4.69) is 47.3 Å². The van der Waals surface area contributed by atoms with Crippen LogP contribution in [-0.2, 0) is 6.54 Å². The molecule has 0 amide bonds. The average Bonchev–Trinajstić information content (AvgIpc) is 2.99. The van der Waals surface area contributed by atoms with Gasteiger partial charge in [0.2, 0.25) is 0 Å². The number of benzene rings is 1. The molecule has 0 atom stereocenters. The summed E-state index contributed by atoms with van der Waals surface area (Å²) < 4.78 is 0. The highest BCUT2D eigenvalue weighted by Gasteiger charge is 2.17. The van der Waals surface area contributed by atoms with Crippen LogP contribution in [0, 0.1) is 25.2 Å². The largest absolute Gasteiger partial charge is 0.350 e. The molecule has 0 aliphatic rings. The summed E-state index contributed by atoms with van der Waals surface area (Å²) in [6.07, 6.45) is 0. The number of fused-ring (bicyclic) bond motifs is 1. The molecule has 0 unspecified atom stereocenters. The molecule has 3 aromatic rings. The summed E-state index contributed by atoms with van der Waals surface area (Å²) in [5, 5.41) is 12.3. The SMILES string of the molecule is Cc1nc(N(CCN(C)C)Cc2ccc(C#N)cc2)c2c(C)csc2n1. The summed E-state index contributed by atoms with van der Waals surface area (Å²) in [4.78, 5) is 14.9. The molecule has 0 saturated heterocycles. The van der Waals surface area contributed by atoms with Crippen molar-refractivity contribution in [3.63, 3.8) is 0 Å². The molecule has 0 saturated carbocycles. The van der Waals surface area contributed by atoms with Gasteiger partial charge < -0.3 is 9.80 Å². The monoisotopic (exact) mass is 365 g/mol. The van der Waals surface area contributed by atoms with E-state index in [1.807, 2.05) is 31.2 Å². The van der Waals surface area contributed by atoms with Gasteiger partial charge in [-0.2, -0.15) is 5.26 Å². The Kier molecular flexibility index (Phi) is 5.50. The normalized spacial score (nSPS) is 11.1. The second-order valence-electron chi connectivity index (χ2n) is 6.73. The van der Waals surface area contributed by atoms with Crippen molar-refractivity contribution in [2.24, 2.45) is 0 Å². The topological polar surface area (TPSA) is 56.1 Å². The minimum Gasteiger partial charge on any atom is -0.350 e. The molecule has 0 aliphatic carbocycles. The van der Waals surface area contributed by atoms with Gasteiger partial charge in [0.25, 0.3) is 0 Å². The van der Waals surface area contributed by atoms with Crippen LogP contribution in [0.25, 0.3) is 10.2 Å². The third-order valence-electron chi connectivity index (χ3n) is 4.28. The van der Waals surface area contributed by atoms with Gasteiger partial charge in [-0.1, -0.05) is 12.1 Å². The lowest BCUT2D eigenvalue weighted by Crippen LogP contribution is -2.32. The second-order valence-corrected chi connectivity index (χ2v) is 7.58. The molecule has 134 valence electrons. The Morgan fingerprint density at radius 2 is 1.81 bits per heavy atom. The zero-order chi connectivity index (χ0) is 18.7. The first-order chi connectivity index (χ1) is 12.5. The Morgan fingerprint density at radius 3 is 2.46 bits per heavy atom. The molecule has 0 bridgehead atoms. The van der Waals surface area contributed by atoms with E-state index in [0.717, 1.165) is 41.5 Å². The lowest BCUT2D eigenvalue weighted by molar-refractivity contribution is 0.412. The van der Waals surface area contributed by atoms with Crippen LogP contribution in [0.1, 0.15) is 22.5 Å². The number of anilines is 1. The van der Waals surface area contributed by atoms with E-state index >= 15 is 0 Å². The number of aromatic nitrogens is 2. The maximum atomic E-state index is 9.01. The van der Waals surface area contributed by atoms with Gasteiger partial charge in [-0.25, -0.2) is 9.97 Å². The highest BCUT2D eigenvalue weighted by molar-refractivity contribution is 7.17. The van der Waals surface area contributed by atoms with Gasteiger partial charge in [0, 0.05) is 19.6 Å². The third kappa shape index (κ3) is 4.01. The number of thiophene rings is 1. The van der Waals surface area contributed by atoms with Crippen LogP contribution in [-0.4, -0.2) is 42.1 Å². The van der Waals surface area contributed by atoms with E-state index in [-0.39, 0.29) is 0 Å². The molecule has 3 rings (SSSR count). The molecular formula is C20H23N5S. The molecule has 0 fully saturated rings. The van der Waals surface area contributed by atoms with Gasteiger partial charge in [-0.05, 0) is 56.6 Å². The molecular weight excluding hydrogens is 342 g/mol. The standard InChI is InChI=1S/C20H23N5S/c1-14-13-26-20-18(14)19(22-15(2)23-20)25(10-9-24(3)4)12-17-7-5-16(11-21)6-8-17/h5-8,13H,9-10,12H2,1-4H3. The van der Waals surface area contributed by atoms with Crippen LogP contribution in [0.15, 0.2) is 29.6 Å². The molecule has 0 N–H and O–H groups in total. The third-order valence-corrected chi connectivity index (χ3v) is 5.27. The van der Waals surface area contributed by atoms with Crippen LogP contribution >= 0.6 is 11.3 Å². The highest BCUT2D eigenvalue weighted by atomic mass is 32.1. The van der Waals surface area contributed by atoms with Gasteiger partial charge in [0.15, 0.2) is 0 Å². The maximum absolute atomic E-state index is 9.01. The second kappa shape index (κ2) is 7.81. The number of aryl methyl sites for hydroxylation is 2. The van der Waals surface area contributed by atoms with Crippen LogP contribution in [0.2, 0.25) is 0 Å². The van der Waals surface area contributed by atoms with Crippen molar-refractivity contribution in [1.82, 2.24) is 14.9 Å². The summed E-state index contributed by atoms with van der Waals surface area (Å²) in [5.74, 6) is 1.79. The van der Waals surface area contributed by atoms with Gasteiger partial charge in [0.1, 0.15) is 16.5 Å². The summed E-state index contributed by atoms with van der Waals surface area (Å²) in [6, 6.07) is 9.96. The van der Waals surface area contributed by atoms with E-state index in [1.54, 1.807) is 11.3 Å². The van der Waals surface area contributed by atoms with E-state index in [9.17, 15) is 0 Å². The fourth-order valence-electron chi connectivity index (χ4n) is 2.88. The molecule has 0 radical (unpaired) electrons. The molecule has 1 aromatic carbocycles. The predicted molar refractivity (Wildman–Crippen MR) is 108 cm³/mol. The first-order valence-electron chi connectivity index (χ1n) is 8.59. The van der Waals surface area contributed by atoms with Gasteiger partial charge in [-0.3, -0.25) is 0 Å². The molecule has 2 heterocycles. The van der Waals surface area contributed by atoms with Crippen LogP contribution < -0.4 is 4.90 Å². The van der Waals surface area contributed by atoms with Gasteiger partial charge in [-0.15, -0.1) is 11.3 Å². The Hall–Kier alpha value is -2.49. The van der Waals surface area contributed by atoms with Crippen molar-refractivity contribution in [1.29, 1.82) is 5.26 Å². The van der Waals surface area contributed by atoms with Crippen molar-refractivity contribution in [3.05, 3.63) is 52.2 Å². The zero-order valence-electron chi connectivity index (χ0n) is 15.7. The van der Waals surface area contributed by atoms with Crippen LogP contribution in [0.3, 0.4) is 0 Å². The molecule has 2 aromatic heterocycles. The number of hydrogen-bond acceptors (Lipinski definition) is 6. The predicted octanol–water partition coefficient (Wildman–Crippen LogP) is 3.75. The van der Waals surface area contributed by atoms with Crippen molar-refractivity contribution in [2.45, 2.75) is 20.4 Å². The van der Waals surface area contributed by atoms with Crippen molar-refractivity contribution in [2.75, 3.05) is 32.1 Å². The van der Waals surface area contributed by atoms with Crippen LogP contribution in [0.5, 0.6) is 0 Å². The summed E-state index contributed by atoms with van der Waals surface area (Å²) in [5.41, 5.74) is 3.07. The first kappa shape index (κ1) is 18.3. The van der Waals surface area contributed by atoms with E-state index in [4.69, 9.17) is 10.2 Å². The first-order valence-corrected chi connectivity index (χ1v) is 9.47. The highest BCUT2D eigenvalue weighted by Crippen LogP contribution is 2.32. The summed E-state index contributed by atoms with van der Waals surface area (Å²) in [6.45, 7) is 6.62. The average molecular weight is 366 g/mol. The molecule has 6 heteroatoms. The minimum absolute atomic E-state index is 0.683. The quantitative estimate of drug-likeness (QED) is 0.666. The Bertz CT molecular complexity index is 937. The Balaban J connectivity index is 2.00. The number of likely N-dealkylation sites (N-methyl/N-ethyl adjacent to an activating group) is 1. The van der Waals surface area contributed by atoms with Gasteiger partial charge in [0.05, 0.1) is 17.0 Å². The molecule has 0 spiro atoms. The number of nitrogens with zero attached hydrogens (tertiary/aromatic N) is 5. The fourth-order valence-corrected chi connectivity index (χ4v) is 3.84. The van der Waals surface area contributed by atoms with E-state index in [0.29, 0.717) is 5.56 Å². The van der Waals surface area contributed by atoms with Crippen molar-refractivity contribution >= 4 is 27.4 Å². The minimum atomic E-state index is 0.683. The van der Waals surface area contributed by atoms with Crippen molar-refractivity contribution < 1.29 is 0 Å². The summed E-state index contributed by atoms with van der Waals surface area (Å²) in [7, 11) is 4.16. The molecule has 0 aliphatic heterocycles. The Morgan fingerprint density at radius 1 is 1.08 bits per heavy atom. The lowest BCUT2D eigenvalue weighted by Gasteiger charge is -2.26. The van der Waals surface area contributed by atoms with Crippen molar-refractivity contribution in [3.8, 4) is 6.07 Å². The number of hydrogen-bond donors (Lipinski definition) is 0. The molecule has 26 heavy (non-hydrogen) atoms. The smallest absolute Gasteiger partial charge is 0.141 e. The van der Waals surface area contributed by atoms with Gasteiger partial charge >= 0.3 is 0 Å². The fraction of sp³-hybridized carbons (Fsp3) is 0.350. The zero-order valence-corrected chi connectivity index (χ0v) is 16.5. The van der Waals surface area contributed by atoms with E-state index < -0.39 is 0 Å². The van der Waals surface area contributed by atoms with Crippen LogP contribution in [0.4, 0.5) is 5.82 Å². The number of nitriles is 1. The Labute approximate surface area is 158 Å². The lowest BCUT2D eigenvalue weighted by atomic mass is 10.1.